The van der Waals surface area contributed by atoms with Crippen molar-refractivity contribution < 1.29 is 37.4 Å². The van der Waals surface area contributed by atoms with Crippen molar-refractivity contribution in [3.8, 4) is 0 Å². The van der Waals surface area contributed by atoms with Gasteiger partial charge in [0.1, 0.15) is 23.7 Å². The summed E-state index contributed by atoms with van der Waals surface area (Å²) in [7, 11) is -3.87. The number of aliphatic hydroxyl groups is 1. The van der Waals surface area contributed by atoms with E-state index in [4.69, 9.17) is 16.3 Å². The summed E-state index contributed by atoms with van der Waals surface area (Å²) in [6.07, 6.45) is 6.93. The van der Waals surface area contributed by atoms with Crippen LogP contribution in [0.5, 0.6) is 0 Å². The lowest BCUT2D eigenvalue weighted by Crippen LogP contribution is -2.57. The van der Waals surface area contributed by atoms with Gasteiger partial charge in [0.2, 0.25) is 21.8 Å². The molecule has 1 heterocycles. The number of nitrogens with zero attached hydrogens (tertiary/aromatic N) is 1. The molecule has 226 valence electrons. The number of carbonyl (C=O) groups is 4. The van der Waals surface area contributed by atoms with Crippen LogP contribution in [0.2, 0.25) is 0 Å². The highest BCUT2D eigenvalue weighted by molar-refractivity contribution is 7.91. The number of allylic oxidation sites excluding steroid dienone is 3. The molecule has 0 bridgehead atoms. The standard InChI is InChI=1S/C27H37ClN4O8S/c1-5-16-12-27(16,23(35)31-41(38,39)19-9-10-19)30-22(34)20-13-26(37,17-7-6-8-18(28)11-17)15-32(20)21(33)14-29-24(36)40-25(2,3)4/h5-8,16-17,19-20,37H,1,9-15H2,2-4H3,(H,29,36)(H,30,34)(H,31,35)/t16-,17?,20+,26+,27-/m1/s1. The van der Waals surface area contributed by atoms with E-state index in [1.165, 1.54) is 6.08 Å². The van der Waals surface area contributed by atoms with Crippen LogP contribution in [0.25, 0.3) is 0 Å². The van der Waals surface area contributed by atoms with E-state index in [0.717, 1.165) is 4.90 Å². The first-order valence-electron chi connectivity index (χ1n) is 13.5. The molecule has 4 aliphatic rings. The summed E-state index contributed by atoms with van der Waals surface area (Å²) in [5, 5.41) is 16.5. The van der Waals surface area contributed by atoms with Crippen LogP contribution in [0.3, 0.4) is 0 Å². The topological polar surface area (TPSA) is 171 Å². The van der Waals surface area contributed by atoms with E-state index in [0.29, 0.717) is 24.3 Å². The molecule has 12 nitrogen and oxygen atoms in total. The van der Waals surface area contributed by atoms with Gasteiger partial charge < -0.3 is 25.4 Å². The van der Waals surface area contributed by atoms with Gasteiger partial charge in [0, 0.05) is 23.3 Å². The largest absolute Gasteiger partial charge is 0.444 e. The molecule has 3 fully saturated rings. The molecule has 2 saturated carbocycles. The Labute approximate surface area is 244 Å². The van der Waals surface area contributed by atoms with Crippen LogP contribution in [0, 0.1) is 11.8 Å². The maximum atomic E-state index is 13.7. The fourth-order valence-electron chi connectivity index (χ4n) is 5.27. The summed E-state index contributed by atoms with van der Waals surface area (Å²) in [6.45, 7) is 7.96. The summed E-state index contributed by atoms with van der Waals surface area (Å²) in [4.78, 5) is 53.5. The highest BCUT2D eigenvalue weighted by Crippen LogP contribution is 2.46. The number of ether oxygens (including phenoxy) is 1. The second-order valence-corrected chi connectivity index (χ2v) is 14.6. The summed E-state index contributed by atoms with van der Waals surface area (Å²) in [6, 6.07) is -1.22. The van der Waals surface area contributed by atoms with Gasteiger partial charge in [0.25, 0.3) is 5.91 Å². The molecule has 1 aliphatic heterocycles. The van der Waals surface area contributed by atoms with Crippen molar-refractivity contribution in [2.75, 3.05) is 13.1 Å². The van der Waals surface area contributed by atoms with Crippen LogP contribution >= 0.6 is 11.6 Å². The average molecular weight is 613 g/mol. The van der Waals surface area contributed by atoms with Crippen LogP contribution < -0.4 is 15.4 Å². The summed E-state index contributed by atoms with van der Waals surface area (Å²) < 4.78 is 32.1. The molecule has 41 heavy (non-hydrogen) atoms. The Morgan fingerprint density at radius 1 is 1.24 bits per heavy atom. The van der Waals surface area contributed by atoms with E-state index in [-0.39, 0.29) is 19.4 Å². The van der Waals surface area contributed by atoms with E-state index >= 15 is 0 Å². The van der Waals surface area contributed by atoms with Gasteiger partial charge in [-0.1, -0.05) is 29.8 Å². The van der Waals surface area contributed by atoms with Crippen LogP contribution in [0.1, 0.15) is 52.9 Å². The monoisotopic (exact) mass is 612 g/mol. The highest BCUT2D eigenvalue weighted by Gasteiger charge is 2.62. The lowest BCUT2D eigenvalue weighted by Gasteiger charge is -2.31. The first-order chi connectivity index (χ1) is 19.0. The molecule has 14 heteroatoms. The molecule has 0 aromatic rings. The van der Waals surface area contributed by atoms with Crippen molar-refractivity contribution in [3.63, 3.8) is 0 Å². The Balaban J connectivity index is 1.53. The number of β-amino-alcohol motifs (C(OH)–C–C–N with tert-alkyl or cyclic N) is 1. The average Bonchev–Trinajstić information content (AvgIpc) is 3.79. The van der Waals surface area contributed by atoms with Gasteiger partial charge in [-0.2, -0.15) is 0 Å². The number of halogens is 1. The summed E-state index contributed by atoms with van der Waals surface area (Å²) >= 11 is 6.20. The number of likely N-dealkylation sites (tertiary alicyclic amines) is 1. The van der Waals surface area contributed by atoms with Gasteiger partial charge in [0.15, 0.2) is 0 Å². The van der Waals surface area contributed by atoms with E-state index < -0.39 is 80.3 Å². The molecule has 3 aliphatic carbocycles. The van der Waals surface area contributed by atoms with Crippen molar-refractivity contribution >= 4 is 45.4 Å². The molecule has 0 aromatic heterocycles. The summed E-state index contributed by atoms with van der Waals surface area (Å²) in [5.74, 6) is -3.29. The number of alkyl carbamates (subject to hydrolysis) is 1. The van der Waals surface area contributed by atoms with E-state index in [1.54, 1.807) is 39.0 Å². The van der Waals surface area contributed by atoms with E-state index in [2.05, 4.69) is 21.9 Å². The quantitative estimate of drug-likeness (QED) is 0.281. The van der Waals surface area contributed by atoms with Gasteiger partial charge in [-0.25, -0.2) is 13.2 Å². The fraction of sp³-hybridized carbons (Fsp3) is 0.630. The van der Waals surface area contributed by atoms with Gasteiger partial charge in [-0.3, -0.25) is 19.1 Å². The van der Waals surface area contributed by atoms with Crippen molar-refractivity contribution in [1.29, 1.82) is 0 Å². The number of hydrogen-bond donors (Lipinski definition) is 4. The molecule has 0 spiro atoms. The number of nitrogens with one attached hydrogen (secondary N) is 3. The van der Waals surface area contributed by atoms with Crippen LogP contribution in [0.15, 0.2) is 35.9 Å². The Morgan fingerprint density at radius 3 is 2.49 bits per heavy atom. The number of sulfonamides is 1. The minimum absolute atomic E-state index is 0.130. The fourth-order valence-corrected chi connectivity index (χ4v) is 6.87. The Morgan fingerprint density at radius 2 is 1.93 bits per heavy atom. The second-order valence-electron chi connectivity index (χ2n) is 12.2. The van der Waals surface area contributed by atoms with Crippen LogP contribution in [-0.4, -0.2) is 83.4 Å². The first kappa shape index (κ1) is 31.0. The number of hydrogen-bond acceptors (Lipinski definition) is 8. The second kappa shape index (κ2) is 11.1. The Hall–Kier alpha value is -2.90. The highest BCUT2D eigenvalue weighted by atomic mass is 35.5. The molecule has 0 radical (unpaired) electrons. The third-order valence-corrected chi connectivity index (χ3v) is 9.85. The van der Waals surface area contributed by atoms with Crippen LogP contribution in [0.4, 0.5) is 4.79 Å². The Bertz CT molecular complexity index is 1300. The number of carbonyl (C=O) groups excluding carboxylic acids is 4. The van der Waals surface area contributed by atoms with E-state index in [9.17, 15) is 32.7 Å². The predicted octanol–water partition coefficient (Wildman–Crippen LogP) is 1.21. The van der Waals surface area contributed by atoms with Gasteiger partial charge in [-0.15, -0.1) is 6.58 Å². The van der Waals surface area contributed by atoms with Crippen molar-refractivity contribution in [2.45, 2.75) is 80.9 Å². The van der Waals surface area contributed by atoms with Gasteiger partial charge >= 0.3 is 6.09 Å². The summed E-state index contributed by atoms with van der Waals surface area (Å²) in [5.41, 5.74) is -3.89. The minimum Gasteiger partial charge on any atom is -0.444 e. The zero-order valence-corrected chi connectivity index (χ0v) is 24.9. The van der Waals surface area contributed by atoms with Crippen molar-refractivity contribution in [1.82, 2.24) is 20.3 Å². The van der Waals surface area contributed by atoms with E-state index in [1.807, 2.05) is 0 Å². The predicted molar refractivity (Wildman–Crippen MR) is 150 cm³/mol. The third-order valence-electron chi connectivity index (χ3n) is 7.75. The first-order valence-corrected chi connectivity index (χ1v) is 15.4. The molecule has 4 N–H and O–H groups in total. The molecule has 1 saturated heterocycles. The molecular formula is C27H37ClN4O8S. The molecule has 5 atom stereocenters. The van der Waals surface area contributed by atoms with Gasteiger partial charge in [-0.05, 0) is 52.5 Å². The molecule has 1 unspecified atom stereocenters. The maximum Gasteiger partial charge on any atom is 0.408 e. The van der Waals surface area contributed by atoms with Gasteiger partial charge in [0.05, 0.1) is 17.4 Å². The maximum absolute atomic E-state index is 13.7. The zero-order valence-electron chi connectivity index (χ0n) is 23.3. The SMILES string of the molecule is C=C[C@@H]1C[C@]1(NC(=O)[C@@H]1C[C@@](O)(C2C=CC=C(Cl)C2)CN1C(=O)CNC(=O)OC(C)(C)C)C(=O)NS(=O)(=O)C1CC1. The van der Waals surface area contributed by atoms with Crippen LogP contribution in [-0.2, 0) is 29.1 Å². The smallest absolute Gasteiger partial charge is 0.408 e. The third kappa shape index (κ3) is 6.95. The molecule has 4 rings (SSSR count). The molecular weight excluding hydrogens is 576 g/mol. The molecule has 0 aromatic carbocycles. The van der Waals surface area contributed by atoms with Crippen molar-refractivity contribution in [3.05, 3.63) is 35.9 Å². The normalized spacial score (nSPS) is 31.1. The number of amides is 4. The molecule has 4 amide bonds. The lowest BCUT2D eigenvalue weighted by atomic mass is 9.81. The zero-order chi connectivity index (χ0) is 30.4. The Kier molecular flexibility index (Phi) is 8.38. The number of rotatable bonds is 9. The lowest BCUT2D eigenvalue weighted by molar-refractivity contribution is -0.139. The van der Waals surface area contributed by atoms with Crippen molar-refractivity contribution in [2.24, 2.45) is 11.8 Å². The minimum atomic E-state index is -3.87.